The smallest absolute Gasteiger partial charge is 0.253 e. The number of hydrogen-bond donors (Lipinski definition) is 3. The molecule has 4 aromatic rings. The fourth-order valence-corrected chi connectivity index (χ4v) is 8.74. The summed E-state index contributed by atoms with van der Waals surface area (Å²) < 4.78 is 13.8. The predicted octanol–water partition coefficient (Wildman–Crippen LogP) is 7.90. The Morgan fingerprint density at radius 2 is 1.62 bits per heavy atom. The van der Waals surface area contributed by atoms with E-state index < -0.39 is 6.29 Å². The van der Waals surface area contributed by atoms with Crippen LogP contribution >= 0.6 is 0 Å². The molecule has 55 heavy (non-hydrogen) atoms. The van der Waals surface area contributed by atoms with E-state index in [1.54, 1.807) is 24.5 Å². The van der Waals surface area contributed by atoms with Crippen molar-refractivity contribution in [2.45, 2.75) is 115 Å². The summed E-state index contributed by atoms with van der Waals surface area (Å²) in [5, 5.41) is 16.0. The average molecular weight is 745 g/mol. The summed E-state index contributed by atoms with van der Waals surface area (Å²) >= 11 is 0. The van der Waals surface area contributed by atoms with Crippen molar-refractivity contribution in [1.82, 2.24) is 20.5 Å². The van der Waals surface area contributed by atoms with Gasteiger partial charge in [0.1, 0.15) is 0 Å². The molecule has 3 N–H and O–H groups in total. The fourth-order valence-electron chi connectivity index (χ4n) is 8.74. The Hall–Kier alpha value is -4.41. The van der Waals surface area contributed by atoms with Crippen molar-refractivity contribution in [3.8, 4) is 11.1 Å². The molecule has 2 amide bonds. The molecule has 2 saturated heterocycles. The van der Waals surface area contributed by atoms with Crippen molar-refractivity contribution in [1.29, 1.82) is 0 Å². The van der Waals surface area contributed by atoms with Crippen molar-refractivity contribution in [3.05, 3.63) is 125 Å². The van der Waals surface area contributed by atoms with Gasteiger partial charge in [0, 0.05) is 48.5 Å². The van der Waals surface area contributed by atoms with Crippen LogP contribution in [0.1, 0.15) is 111 Å². The van der Waals surface area contributed by atoms with E-state index in [1.165, 1.54) is 19.3 Å². The summed E-state index contributed by atoms with van der Waals surface area (Å²) in [6, 6.07) is 28.2. The van der Waals surface area contributed by atoms with Crippen LogP contribution in [0, 0.1) is 11.8 Å². The Labute approximate surface area is 325 Å². The van der Waals surface area contributed by atoms with Crippen molar-refractivity contribution >= 4 is 11.8 Å². The number of aromatic nitrogens is 1. The third kappa shape index (κ3) is 9.35. The van der Waals surface area contributed by atoms with Gasteiger partial charge in [0.2, 0.25) is 5.91 Å². The first kappa shape index (κ1) is 38.8. The summed E-state index contributed by atoms with van der Waals surface area (Å²) in [5.74, 6) is 0.559. The molecule has 0 spiro atoms. The van der Waals surface area contributed by atoms with Crippen molar-refractivity contribution in [2.24, 2.45) is 11.8 Å². The summed E-state index contributed by atoms with van der Waals surface area (Å²) in [5.41, 5.74) is 6.14. The zero-order valence-corrected chi connectivity index (χ0v) is 32.6. The number of ether oxygens (including phenoxy) is 2. The van der Waals surface area contributed by atoms with Crippen LogP contribution in [0.4, 0.5) is 0 Å². The lowest BCUT2D eigenvalue weighted by atomic mass is 9.75. The van der Waals surface area contributed by atoms with Crippen LogP contribution < -0.4 is 10.6 Å². The third-order valence-electron chi connectivity index (χ3n) is 11.6. The molecule has 3 heterocycles. The number of aliphatic hydroxyl groups is 1. The van der Waals surface area contributed by atoms with Gasteiger partial charge in [-0.2, -0.15) is 0 Å². The lowest BCUT2D eigenvalue weighted by Gasteiger charge is -2.51. The Kier molecular flexibility index (Phi) is 12.1. The van der Waals surface area contributed by atoms with Gasteiger partial charge in [0.15, 0.2) is 6.29 Å². The molecule has 9 heteroatoms. The molecule has 9 nitrogen and oxygen atoms in total. The number of rotatable bonds is 10. The Morgan fingerprint density at radius 3 is 2.35 bits per heavy atom. The van der Waals surface area contributed by atoms with Crippen LogP contribution in [0.15, 0.2) is 97.3 Å². The van der Waals surface area contributed by atoms with E-state index in [0.29, 0.717) is 30.6 Å². The molecule has 3 fully saturated rings. The van der Waals surface area contributed by atoms with Crippen molar-refractivity contribution < 1.29 is 24.2 Å². The molecular formula is C46H56N4O5. The van der Waals surface area contributed by atoms with E-state index in [1.807, 2.05) is 24.3 Å². The van der Waals surface area contributed by atoms with Gasteiger partial charge in [-0.25, -0.2) is 0 Å². The van der Waals surface area contributed by atoms with Gasteiger partial charge in [-0.15, -0.1) is 0 Å². The molecule has 2 aliphatic heterocycles. The van der Waals surface area contributed by atoms with Gasteiger partial charge in [-0.05, 0) is 98.4 Å². The van der Waals surface area contributed by atoms with Gasteiger partial charge < -0.3 is 25.2 Å². The second-order valence-corrected chi connectivity index (χ2v) is 16.7. The second-order valence-electron chi connectivity index (χ2n) is 16.7. The van der Waals surface area contributed by atoms with Crippen molar-refractivity contribution in [3.63, 3.8) is 0 Å². The Balaban J connectivity index is 1.13. The summed E-state index contributed by atoms with van der Waals surface area (Å²) in [6.45, 7) is 9.39. The standard InChI is InChI=1S/C46H56N4O5/c1-30-41(28-50-39-13-6-5-10-34(39)22-23-40(50)44(53)49-46(2,3)4)54-45(55-42(30)35-16-14-31(29-51)15-17-35)36-20-18-33(19-21-36)37-11-7-9-32(25-37)26-48-43(52)38-12-8-24-47-27-38/h7-9,11-12,14-21,24-25,27,30,34,39-42,45,51H,5-6,10,13,22-23,26,28-29H2,1-4H3,(H,48,52)(H,49,53)/t30-,34-,39-,40-,41+,42+,45+/m1/s1. The maximum absolute atomic E-state index is 13.9. The number of nitrogens with one attached hydrogen (secondary N) is 2. The van der Waals surface area contributed by atoms with Crippen LogP contribution in [0.25, 0.3) is 11.1 Å². The van der Waals surface area contributed by atoms with Gasteiger partial charge in [0.25, 0.3) is 5.91 Å². The summed E-state index contributed by atoms with van der Waals surface area (Å²) in [4.78, 5) is 33.0. The minimum Gasteiger partial charge on any atom is -0.392 e. The maximum atomic E-state index is 13.9. The monoisotopic (exact) mass is 744 g/mol. The van der Waals surface area contributed by atoms with E-state index >= 15 is 0 Å². The van der Waals surface area contributed by atoms with Crippen LogP contribution in [0.3, 0.4) is 0 Å². The first-order chi connectivity index (χ1) is 26.6. The van der Waals surface area contributed by atoms with Crippen molar-refractivity contribution in [2.75, 3.05) is 6.54 Å². The second kappa shape index (κ2) is 17.2. The molecule has 3 aliphatic rings. The van der Waals surface area contributed by atoms with Gasteiger partial charge in [0.05, 0.1) is 30.4 Å². The molecule has 0 radical (unpaired) electrons. The molecule has 0 bridgehead atoms. The van der Waals surface area contributed by atoms with Crippen LogP contribution in [-0.4, -0.2) is 57.1 Å². The quantitative estimate of drug-likeness (QED) is 0.151. The Morgan fingerprint density at radius 1 is 0.855 bits per heavy atom. The number of nitrogens with zero attached hydrogens (tertiary/aromatic N) is 2. The van der Waals surface area contributed by atoms with Crippen LogP contribution in [0.5, 0.6) is 0 Å². The molecule has 1 saturated carbocycles. The molecule has 1 aliphatic carbocycles. The van der Waals surface area contributed by atoms with Crippen LogP contribution in [-0.2, 0) is 27.4 Å². The highest BCUT2D eigenvalue weighted by atomic mass is 16.7. The van der Waals surface area contributed by atoms with E-state index in [-0.39, 0.29) is 48.1 Å². The number of carbonyl (C=O) groups excluding carboxylic acids is 2. The van der Waals surface area contributed by atoms with E-state index in [4.69, 9.17) is 9.47 Å². The molecule has 7 rings (SSSR count). The fraction of sp³-hybridized carbons (Fsp3) is 0.457. The number of fused-ring (bicyclic) bond motifs is 1. The average Bonchev–Trinajstić information content (AvgIpc) is 3.20. The highest BCUT2D eigenvalue weighted by Gasteiger charge is 2.46. The topological polar surface area (TPSA) is 113 Å². The zero-order chi connectivity index (χ0) is 38.5. The molecular weight excluding hydrogens is 689 g/mol. The minimum atomic E-state index is -0.611. The van der Waals surface area contributed by atoms with Gasteiger partial charge in [-0.3, -0.25) is 19.5 Å². The molecule has 1 aromatic heterocycles. The third-order valence-corrected chi connectivity index (χ3v) is 11.6. The van der Waals surface area contributed by atoms with Gasteiger partial charge in [-0.1, -0.05) is 86.5 Å². The number of benzene rings is 3. The van der Waals surface area contributed by atoms with E-state index in [0.717, 1.165) is 52.6 Å². The lowest BCUT2D eigenvalue weighted by molar-refractivity contribution is -0.278. The number of piperidine rings is 1. The number of hydrogen-bond acceptors (Lipinski definition) is 7. The molecule has 3 aromatic carbocycles. The Bertz CT molecular complexity index is 1890. The zero-order valence-electron chi connectivity index (χ0n) is 32.6. The minimum absolute atomic E-state index is 0.00665. The first-order valence-electron chi connectivity index (χ1n) is 20.0. The summed E-state index contributed by atoms with van der Waals surface area (Å²) in [6.07, 6.45) is 8.89. The predicted molar refractivity (Wildman–Crippen MR) is 214 cm³/mol. The lowest BCUT2D eigenvalue weighted by Crippen LogP contribution is -2.61. The SMILES string of the molecule is C[C@@H]1[C@H](CN2[C@@H](C(=O)NC(C)(C)C)CC[C@H]3CCCC[C@H]32)O[C@H](c2ccc(-c3cccc(CNC(=O)c4cccnc4)c3)cc2)O[C@@H]1c1ccc(CO)cc1. The number of aliphatic hydroxyl groups excluding tert-OH is 1. The largest absolute Gasteiger partial charge is 0.392 e. The maximum Gasteiger partial charge on any atom is 0.253 e. The molecule has 0 unspecified atom stereocenters. The summed E-state index contributed by atoms with van der Waals surface area (Å²) in [7, 11) is 0. The normalized spacial score (nSPS) is 25.8. The van der Waals surface area contributed by atoms with E-state index in [2.05, 4.69) is 96.7 Å². The van der Waals surface area contributed by atoms with Gasteiger partial charge >= 0.3 is 0 Å². The first-order valence-corrected chi connectivity index (χ1v) is 20.0. The number of amides is 2. The highest BCUT2D eigenvalue weighted by Crippen LogP contribution is 2.44. The number of pyridine rings is 1. The molecule has 7 atom stereocenters. The van der Waals surface area contributed by atoms with E-state index in [9.17, 15) is 14.7 Å². The van der Waals surface area contributed by atoms with Crippen LogP contribution in [0.2, 0.25) is 0 Å². The number of carbonyl (C=O) groups is 2. The molecule has 290 valence electrons. The highest BCUT2D eigenvalue weighted by molar-refractivity contribution is 5.93. The number of likely N-dealkylation sites (tertiary alicyclic amines) is 1.